The van der Waals surface area contributed by atoms with Gasteiger partial charge in [-0.3, -0.25) is 9.59 Å². The van der Waals surface area contributed by atoms with Crippen molar-refractivity contribution in [3.8, 4) is 11.5 Å². The molecular weight excluding hydrogens is 408 g/mol. The number of rotatable bonds is 8. The average molecular weight is 439 g/mol. The normalized spacial score (nSPS) is 17.8. The van der Waals surface area contributed by atoms with E-state index in [4.69, 9.17) is 9.47 Å². The lowest BCUT2D eigenvalue weighted by Gasteiger charge is -2.28. The lowest BCUT2D eigenvalue weighted by atomic mass is 9.94. The molecule has 0 spiro atoms. The molecular formula is C25H30N2O5. The Hall–Kier alpha value is -3.32. The van der Waals surface area contributed by atoms with Crippen molar-refractivity contribution >= 4 is 17.4 Å². The highest BCUT2D eigenvalue weighted by molar-refractivity contribution is 6.46. The van der Waals surface area contributed by atoms with Crippen LogP contribution in [0, 0.1) is 6.92 Å². The molecule has 0 radical (unpaired) electrons. The fourth-order valence-electron chi connectivity index (χ4n) is 3.93. The first kappa shape index (κ1) is 23.3. The number of aryl methyl sites for hydroxylation is 1. The van der Waals surface area contributed by atoms with Crippen LogP contribution in [0.2, 0.25) is 0 Å². The number of carbonyl (C=O) groups is 2. The number of nitrogens with one attached hydrogen (secondary N) is 1. The third-order valence-electron chi connectivity index (χ3n) is 5.64. The largest absolute Gasteiger partial charge is 0.872 e. The molecule has 1 fully saturated rings. The third kappa shape index (κ3) is 4.62. The van der Waals surface area contributed by atoms with Gasteiger partial charge in [0.25, 0.3) is 5.91 Å². The van der Waals surface area contributed by atoms with E-state index in [-0.39, 0.29) is 11.1 Å². The van der Waals surface area contributed by atoms with Crippen LogP contribution in [0.4, 0.5) is 0 Å². The van der Waals surface area contributed by atoms with E-state index in [1.54, 1.807) is 12.1 Å². The predicted octanol–water partition coefficient (Wildman–Crippen LogP) is 0.771. The van der Waals surface area contributed by atoms with Crippen LogP contribution in [0.25, 0.3) is 5.76 Å². The minimum atomic E-state index is -0.743. The fraction of sp³-hybridized carbons (Fsp3) is 0.360. The van der Waals surface area contributed by atoms with Gasteiger partial charge in [0, 0.05) is 18.5 Å². The van der Waals surface area contributed by atoms with Gasteiger partial charge in [-0.1, -0.05) is 41.7 Å². The summed E-state index contributed by atoms with van der Waals surface area (Å²) in [7, 11) is 7.06. The molecule has 3 rings (SSSR count). The van der Waals surface area contributed by atoms with E-state index in [2.05, 4.69) is 0 Å². The summed E-state index contributed by atoms with van der Waals surface area (Å²) < 4.78 is 10.6. The Morgan fingerprint density at radius 3 is 2.28 bits per heavy atom. The number of carbonyl (C=O) groups excluding carboxylic acids is 2. The van der Waals surface area contributed by atoms with E-state index < -0.39 is 23.5 Å². The van der Waals surface area contributed by atoms with Gasteiger partial charge in [-0.25, -0.2) is 0 Å². The second kappa shape index (κ2) is 9.87. The standard InChI is InChI=1S/C25H30N2O5/c1-16-7-9-17(10-8-16)22-21(24(29)25(30)27(22)14-6-13-26(2)3)23(28)18-11-12-19(31-4)20(15-18)32-5/h7-12,15,22,28H,6,13-14H2,1-5H3/b23-21+. The van der Waals surface area contributed by atoms with Crippen molar-refractivity contribution in [2.75, 3.05) is 41.4 Å². The number of hydrogen-bond donors (Lipinski definition) is 1. The van der Waals surface area contributed by atoms with E-state index >= 15 is 0 Å². The molecule has 2 aromatic carbocycles. The molecule has 0 saturated carbocycles. The summed E-state index contributed by atoms with van der Waals surface area (Å²) >= 11 is 0. The molecule has 1 amide bonds. The minimum absolute atomic E-state index is 0.0247. The first-order chi connectivity index (χ1) is 15.3. The Balaban J connectivity index is 2.11. The van der Waals surface area contributed by atoms with E-state index in [0.717, 1.165) is 24.1 Å². The number of quaternary nitrogens is 1. The van der Waals surface area contributed by atoms with Crippen molar-refractivity contribution in [2.24, 2.45) is 0 Å². The molecule has 1 saturated heterocycles. The second-order valence-corrected chi connectivity index (χ2v) is 8.26. The zero-order valence-corrected chi connectivity index (χ0v) is 19.2. The Bertz CT molecular complexity index is 1030. The van der Waals surface area contributed by atoms with Crippen LogP contribution in [-0.4, -0.2) is 58.0 Å². The maximum atomic E-state index is 13.5. The van der Waals surface area contributed by atoms with Gasteiger partial charge in [-0.15, -0.1) is 0 Å². The summed E-state index contributed by atoms with van der Waals surface area (Å²) in [6.07, 6.45) is 0.724. The van der Waals surface area contributed by atoms with Crippen molar-refractivity contribution < 1.29 is 29.1 Å². The van der Waals surface area contributed by atoms with Crippen LogP contribution in [0.5, 0.6) is 11.5 Å². The Kier molecular flexibility index (Phi) is 7.20. The number of ether oxygens (including phenoxy) is 2. The fourth-order valence-corrected chi connectivity index (χ4v) is 3.93. The SMILES string of the molecule is COc1ccc(/C([O-])=C2\C(=O)C(=O)N(CCC[NH+](C)C)C2c2ccc(C)cc2)cc1OC. The zero-order chi connectivity index (χ0) is 23.4. The number of likely N-dealkylation sites (tertiary alicyclic amines) is 1. The Labute approximate surface area is 188 Å². The molecule has 1 aliphatic rings. The lowest BCUT2D eigenvalue weighted by Crippen LogP contribution is -3.05. The maximum Gasteiger partial charge on any atom is 0.295 e. The molecule has 1 unspecified atom stereocenters. The molecule has 1 heterocycles. The van der Waals surface area contributed by atoms with Gasteiger partial charge in [-0.2, -0.15) is 0 Å². The van der Waals surface area contributed by atoms with Crippen LogP contribution in [0.3, 0.4) is 0 Å². The molecule has 170 valence electrons. The van der Waals surface area contributed by atoms with Gasteiger partial charge in [0.05, 0.1) is 40.9 Å². The predicted molar refractivity (Wildman–Crippen MR) is 119 cm³/mol. The van der Waals surface area contributed by atoms with Gasteiger partial charge in [-0.05, 0) is 30.2 Å². The number of hydrogen-bond acceptors (Lipinski definition) is 5. The maximum absolute atomic E-state index is 13.5. The first-order valence-electron chi connectivity index (χ1n) is 10.6. The van der Waals surface area contributed by atoms with E-state index in [1.807, 2.05) is 45.3 Å². The number of methoxy groups -OCH3 is 2. The summed E-state index contributed by atoms with van der Waals surface area (Å²) in [6.45, 7) is 3.21. The van der Waals surface area contributed by atoms with Gasteiger partial charge in [0.1, 0.15) is 0 Å². The number of ketones is 1. The second-order valence-electron chi connectivity index (χ2n) is 8.26. The highest BCUT2D eigenvalue weighted by atomic mass is 16.5. The monoisotopic (exact) mass is 438 g/mol. The van der Waals surface area contributed by atoms with Crippen LogP contribution < -0.4 is 19.5 Å². The van der Waals surface area contributed by atoms with Gasteiger partial charge < -0.3 is 24.4 Å². The van der Waals surface area contributed by atoms with Gasteiger partial charge >= 0.3 is 0 Å². The van der Waals surface area contributed by atoms with Crippen molar-refractivity contribution in [1.29, 1.82) is 0 Å². The van der Waals surface area contributed by atoms with E-state index in [0.29, 0.717) is 18.0 Å². The smallest absolute Gasteiger partial charge is 0.295 e. The Morgan fingerprint density at radius 1 is 1.03 bits per heavy atom. The van der Waals surface area contributed by atoms with Crippen molar-refractivity contribution in [2.45, 2.75) is 19.4 Å². The minimum Gasteiger partial charge on any atom is -0.872 e. The molecule has 0 aliphatic carbocycles. The number of nitrogens with zero attached hydrogens (tertiary/aromatic N) is 1. The summed E-state index contributed by atoms with van der Waals surface area (Å²) in [6, 6.07) is 11.6. The van der Waals surface area contributed by atoms with E-state index in [1.165, 1.54) is 30.1 Å². The molecule has 1 aliphatic heterocycles. The first-order valence-corrected chi connectivity index (χ1v) is 10.6. The zero-order valence-electron chi connectivity index (χ0n) is 19.2. The van der Waals surface area contributed by atoms with Crippen LogP contribution in [0.15, 0.2) is 48.0 Å². The topological polar surface area (TPSA) is 83.3 Å². The van der Waals surface area contributed by atoms with Crippen molar-refractivity contribution in [3.05, 3.63) is 64.7 Å². The molecule has 32 heavy (non-hydrogen) atoms. The summed E-state index contributed by atoms with van der Waals surface area (Å²) in [5.74, 6) is -0.990. The molecule has 7 heteroatoms. The number of benzene rings is 2. The summed E-state index contributed by atoms with van der Waals surface area (Å²) in [4.78, 5) is 28.8. The van der Waals surface area contributed by atoms with Crippen LogP contribution in [0.1, 0.15) is 29.2 Å². The van der Waals surface area contributed by atoms with Crippen LogP contribution in [-0.2, 0) is 9.59 Å². The Morgan fingerprint density at radius 2 is 1.69 bits per heavy atom. The van der Waals surface area contributed by atoms with Crippen molar-refractivity contribution in [1.82, 2.24) is 4.90 Å². The molecule has 0 bridgehead atoms. The lowest BCUT2D eigenvalue weighted by molar-refractivity contribution is -0.858. The molecule has 1 atom stereocenters. The molecule has 1 N–H and O–H groups in total. The summed E-state index contributed by atoms with van der Waals surface area (Å²) in [5.41, 5.74) is 2.05. The van der Waals surface area contributed by atoms with Gasteiger partial charge in [0.2, 0.25) is 5.78 Å². The molecule has 0 aromatic heterocycles. The number of amides is 1. The highest BCUT2D eigenvalue weighted by Gasteiger charge is 2.43. The quantitative estimate of drug-likeness (QED) is 0.374. The average Bonchev–Trinajstić information content (AvgIpc) is 3.03. The van der Waals surface area contributed by atoms with Gasteiger partial charge in [0.15, 0.2) is 11.5 Å². The van der Waals surface area contributed by atoms with Crippen LogP contribution >= 0.6 is 0 Å². The van der Waals surface area contributed by atoms with E-state index in [9.17, 15) is 14.7 Å². The van der Waals surface area contributed by atoms with Crippen molar-refractivity contribution in [3.63, 3.8) is 0 Å². The third-order valence-corrected chi connectivity index (χ3v) is 5.64. The summed E-state index contributed by atoms with van der Waals surface area (Å²) in [5, 5.41) is 13.5. The molecule has 2 aromatic rings. The number of Topliss-reactive ketones (excluding diaryl/α,β-unsaturated/α-hetero) is 1. The highest BCUT2D eigenvalue weighted by Crippen LogP contribution is 2.39. The molecule has 7 nitrogen and oxygen atoms in total.